The van der Waals surface area contributed by atoms with Gasteiger partial charge in [0.15, 0.2) is 0 Å². The average molecular weight is 254 g/mol. The van der Waals surface area contributed by atoms with Gasteiger partial charge in [0.25, 0.3) is 0 Å². The summed E-state index contributed by atoms with van der Waals surface area (Å²) in [5.41, 5.74) is 0.802. The van der Waals surface area contributed by atoms with Gasteiger partial charge in [-0.1, -0.05) is 12.5 Å². The van der Waals surface area contributed by atoms with Crippen LogP contribution in [0.15, 0.2) is 29.2 Å². The SMILES string of the molecule is CNc1cccc(S(=O)(=O)NCC2CCC2)c1. The average Bonchev–Trinajstić information content (AvgIpc) is 2.27. The molecule has 0 saturated heterocycles. The van der Waals surface area contributed by atoms with E-state index in [1.165, 1.54) is 6.42 Å². The number of nitrogens with one attached hydrogen (secondary N) is 2. The zero-order valence-electron chi connectivity index (χ0n) is 9.94. The Morgan fingerprint density at radius 3 is 2.71 bits per heavy atom. The lowest BCUT2D eigenvalue weighted by Crippen LogP contribution is -2.32. The first-order valence-electron chi connectivity index (χ1n) is 5.89. The van der Waals surface area contributed by atoms with E-state index in [2.05, 4.69) is 10.0 Å². The molecule has 1 aromatic carbocycles. The minimum atomic E-state index is -3.35. The molecule has 0 radical (unpaired) electrons. The van der Waals surface area contributed by atoms with E-state index in [1.54, 1.807) is 25.2 Å². The first-order valence-corrected chi connectivity index (χ1v) is 7.37. The topological polar surface area (TPSA) is 58.2 Å². The van der Waals surface area contributed by atoms with Crippen molar-refractivity contribution in [2.24, 2.45) is 5.92 Å². The fourth-order valence-corrected chi connectivity index (χ4v) is 2.99. The minimum absolute atomic E-state index is 0.323. The molecule has 0 spiro atoms. The fourth-order valence-electron chi connectivity index (χ4n) is 1.83. The van der Waals surface area contributed by atoms with E-state index in [1.807, 2.05) is 6.07 Å². The molecule has 1 aliphatic carbocycles. The molecule has 5 heteroatoms. The van der Waals surface area contributed by atoms with E-state index in [4.69, 9.17) is 0 Å². The zero-order chi connectivity index (χ0) is 12.3. The Balaban J connectivity index is 2.07. The molecule has 4 nitrogen and oxygen atoms in total. The van der Waals surface area contributed by atoms with Gasteiger partial charge < -0.3 is 5.32 Å². The van der Waals surface area contributed by atoms with Crippen molar-refractivity contribution < 1.29 is 8.42 Å². The second kappa shape index (κ2) is 5.06. The molecule has 94 valence electrons. The van der Waals surface area contributed by atoms with Gasteiger partial charge >= 0.3 is 0 Å². The van der Waals surface area contributed by atoms with Crippen molar-refractivity contribution in [3.63, 3.8) is 0 Å². The third-order valence-corrected chi connectivity index (χ3v) is 4.64. The molecule has 2 rings (SSSR count). The third kappa shape index (κ3) is 2.98. The lowest BCUT2D eigenvalue weighted by molar-refractivity contribution is 0.316. The maximum Gasteiger partial charge on any atom is 0.240 e. The van der Waals surface area contributed by atoms with Gasteiger partial charge in [0.1, 0.15) is 0 Å². The lowest BCUT2D eigenvalue weighted by Gasteiger charge is -2.25. The highest BCUT2D eigenvalue weighted by atomic mass is 32.2. The van der Waals surface area contributed by atoms with Crippen molar-refractivity contribution in [2.75, 3.05) is 18.9 Å². The van der Waals surface area contributed by atoms with Crippen LogP contribution in [0.3, 0.4) is 0 Å². The van der Waals surface area contributed by atoms with Crippen LogP contribution in [0.1, 0.15) is 19.3 Å². The smallest absolute Gasteiger partial charge is 0.240 e. The van der Waals surface area contributed by atoms with E-state index in [0.29, 0.717) is 17.4 Å². The molecule has 17 heavy (non-hydrogen) atoms. The van der Waals surface area contributed by atoms with Gasteiger partial charge in [0.05, 0.1) is 4.90 Å². The zero-order valence-corrected chi connectivity index (χ0v) is 10.8. The Morgan fingerprint density at radius 1 is 1.35 bits per heavy atom. The molecule has 0 heterocycles. The summed E-state index contributed by atoms with van der Waals surface area (Å²) in [6.45, 7) is 0.562. The van der Waals surface area contributed by atoms with Crippen LogP contribution in [0.4, 0.5) is 5.69 Å². The molecule has 1 fully saturated rings. The van der Waals surface area contributed by atoms with Crippen LogP contribution < -0.4 is 10.0 Å². The molecular weight excluding hydrogens is 236 g/mol. The molecule has 1 saturated carbocycles. The van der Waals surface area contributed by atoms with Crippen LogP contribution in [0.2, 0.25) is 0 Å². The molecular formula is C12H18N2O2S. The third-order valence-electron chi connectivity index (χ3n) is 3.22. The van der Waals surface area contributed by atoms with Crippen molar-refractivity contribution in [3.05, 3.63) is 24.3 Å². The highest BCUT2D eigenvalue weighted by Crippen LogP contribution is 2.25. The first kappa shape index (κ1) is 12.4. The van der Waals surface area contributed by atoms with Gasteiger partial charge in [-0.15, -0.1) is 0 Å². The van der Waals surface area contributed by atoms with Crippen LogP contribution in [0, 0.1) is 5.92 Å². The number of sulfonamides is 1. The summed E-state index contributed by atoms with van der Waals surface area (Å²) in [7, 11) is -1.58. The summed E-state index contributed by atoms with van der Waals surface area (Å²) in [4.78, 5) is 0.323. The van der Waals surface area contributed by atoms with Crippen LogP contribution >= 0.6 is 0 Å². The first-order chi connectivity index (χ1) is 8.12. The van der Waals surface area contributed by atoms with Crippen molar-refractivity contribution >= 4 is 15.7 Å². The summed E-state index contributed by atoms with van der Waals surface area (Å²) in [5, 5.41) is 2.93. The predicted octanol–water partition coefficient (Wildman–Crippen LogP) is 1.81. The van der Waals surface area contributed by atoms with E-state index in [0.717, 1.165) is 18.5 Å². The van der Waals surface area contributed by atoms with E-state index >= 15 is 0 Å². The molecule has 0 amide bonds. The predicted molar refractivity (Wildman–Crippen MR) is 68.5 cm³/mol. The van der Waals surface area contributed by atoms with E-state index in [-0.39, 0.29) is 0 Å². The normalized spacial score (nSPS) is 16.5. The van der Waals surface area contributed by atoms with Gasteiger partial charge in [-0.25, -0.2) is 13.1 Å². The van der Waals surface area contributed by atoms with Crippen molar-refractivity contribution in [1.82, 2.24) is 4.72 Å². The summed E-state index contributed by atoms with van der Waals surface area (Å²) >= 11 is 0. The number of hydrogen-bond donors (Lipinski definition) is 2. The van der Waals surface area contributed by atoms with Crippen LogP contribution in [-0.4, -0.2) is 22.0 Å². The molecule has 0 aliphatic heterocycles. The molecule has 0 unspecified atom stereocenters. The van der Waals surface area contributed by atoms with Crippen LogP contribution in [-0.2, 0) is 10.0 Å². The minimum Gasteiger partial charge on any atom is -0.388 e. The standard InChI is InChI=1S/C12H18N2O2S/c1-13-11-6-3-7-12(8-11)17(15,16)14-9-10-4-2-5-10/h3,6-8,10,13-14H,2,4-5,9H2,1H3. The van der Waals surface area contributed by atoms with E-state index in [9.17, 15) is 8.42 Å². The Hall–Kier alpha value is -1.07. The summed E-state index contributed by atoms with van der Waals surface area (Å²) in [5.74, 6) is 0.525. The summed E-state index contributed by atoms with van der Waals surface area (Å²) < 4.78 is 26.7. The highest BCUT2D eigenvalue weighted by molar-refractivity contribution is 7.89. The Kier molecular flexibility index (Phi) is 3.69. The Morgan fingerprint density at radius 2 is 2.12 bits per heavy atom. The maximum absolute atomic E-state index is 12.0. The number of anilines is 1. The number of benzene rings is 1. The van der Waals surface area contributed by atoms with Crippen molar-refractivity contribution in [1.29, 1.82) is 0 Å². The monoisotopic (exact) mass is 254 g/mol. The summed E-state index contributed by atoms with van der Waals surface area (Å²) in [6.07, 6.45) is 3.50. The quantitative estimate of drug-likeness (QED) is 0.842. The highest BCUT2D eigenvalue weighted by Gasteiger charge is 2.21. The molecule has 0 aromatic heterocycles. The number of rotatable bonds is 5. The molecule has 1 aromatic rings. The molecule has 2 N–H and O–H groups in total. The second-order valence-corrected chi connectivity index (χ2v) is 6.19. The van der Waals surface area contributed by atoms with Crippen molar-refractivity contribution in [3.8, 4) is 0 Å². The Labute approximate surface area is 102 Å². The fraction of sp³-hybridized carbons (Fsp3) is 0.500. The Bertz CT molecular complexity index is 481. The van der Waals surface area contributed by atoms with Gasteiger partial charge in [-0.2, -0.15) is 0 Å². The number of hydrogen-bond acceptors (Lipinski definition) is 3. The molecule has 1 aliphatic rings. The van der Waals surface area contributed by atoms with Gasteiger partial charge in [0, 0.05) is 19.3 Å². The van der Waals surface area contributed by atoms with Crippen molar-refractivity contribution in [2.45, 2.75) is 24.2 Å². The van der Waals surface area contributed by atoms with Crippen LogP contribution in [0.5, 0.6) is 0 Å². The van der Waals surface area contributed by atoms with Gasteiger partial charge in [-0.3, -0.25) is 0 Å². The van der Waals surface area contributed by atoms with Gasteiger partial charge in [-0.05, 0) is 37.0 Å². The summed E-state index contributed by atoms with van der Waals surface area (Å²) in [6, 6.07) is 6.84. The van der Waals surface area contributed by atoms with E-state index < -0.39 is 10.0 Å². The second-order valence-electron chi connectivity index (χ2n) is 4.43. The molecule has 0 bridgehead atoms. The lowest BCUT2D eigenvalue weighted by atomic mass is 9.86. The van der Waals surface area contributed by atoms with Crippen LogP contribution in [0.25, 0.3) is 0 Å². The largest absolute Gasteiger partial charge is 0.388 e. The maximum atomic E-state index is 12.0. The molecule has 0 atom stereocenters. The van der Waals surface area contributed by atoms with Gasteiger partial charge in [0.2, 0.25) is 10.0 Å².